The summed E-state index contributed by atoms with van der Waals surface area (Å²) in [6.45, 7) is 0.117. The molecule has 2 aromatic rings. The van der Waals surface area contributed by atoms with E-state index >= 15 is 0 Å². The lowest BCUT2D eigenvalue weighted by Gasteiger charge is -2.20. The number of thiocarbonyl (C=S) groups is 1. The summed E-state index contributed by atoms with van der Waals surface area (Å²) in [7, 11) is 3.12. The van der Waals surface area contributed by atoms with Crippen molar-refractivity contribution in [1.29, 1.82) is 0 Å². The molecule has 5 heteroatoms. The van der Waals surface area contributed by atoms with E-state index in [4.69, 9.17) is 23.8 Å². The third kappa shape index (κ3) is 2.92. The van der Waals surface area contributed by atoms with E-state index in [0.29, 0.717) is 10.0 Å². The minimum atomic E-state index is -0.326. The predicted octanol–water partition coefficient (Wildman–Crippen LogP) is 3.27. The standard InChI is InChI=1S/C15H14ClNO2S/c1-17(9-14(18)19-2)15(20)12-7-8-13(16)11-6-4-3-5-10(11)12/h3-8H,9H2,1-2H3. The number of ether oxygens (including phenoxy) is 1. The lowest BCUT2D eigenvalue weighted by molar-refractivity contribution is -0.140. The van der Waals surface area contributed by atoms with Gasteiger partial charge in [-0.15, -0.1) is 0 Å². The molecule has 0 aliphatic heterocycles. The predicted molar refractivity (Wildman–Crippen MR) is 85.3 cm³/mol. The zero-order chi connectivity index (χ0) is 14.7. The molecular formula is C15H14ClNO2S. The molecule has 0 spiro atoms. The third-order valence-corrected chi connectivity index (χ3v) is 3.90. The van der Waals surface area contributed by atoms with Crippen LogP contribution in [0.3, 0.4) is 0 Å². The molecular weight excluding hydrogens is 294 g/mol. The molecule has 2 aromatic carbocycles. The zero-order valence-electron chi connectivity index (χ0n) is 11.2. The average molecular weight is 308 g/mol. The van der Waals surface area contributed by atoms with Crippen molar-refractivity contribution in [2.24, 2.45) is 0 Å². The highest BCUT2D eigenvalue weighted by Gasteiger charge is 2.14. The van der Waals surface area contributed by atoms with Crippen LogP contribution in [0.25, 0.3) is 10.8 Å². The number of carbonyl (C=O) groups is 1. The molecule has 0 aliphatic carbocycles. The number of esters is 1. The summed E-state index contributed by atoms with van der Waals surface area (Å²) in [6.07, 6.45) is 0. The van der Waals surface area contributed by atoms with Crippen LogP contribution >= 0.6 is 23.8 Å². The zero-order valence-corrected chi connectivity index (χ0v) is 12.8. The number of carbonyl (C=O) groups excluding carboxylic acids is 1. The first-order valence-corrected chi connectivity index (χ1v) is 6.82. The first kappa shape index (κ1) is 14.8. The van der Waals surface area contributed by atoms with Crippen molar-refractivity contribution >= 4 is 45.5 Å². The molecule has 104 valence electrons. The summed E-state index contributed by atoms with van der Waals surface area (Å²) in [5.74, 6) is -0.326. The molecule has 3 nitrogen and oxygen atoms in total. The number of likely N-dealkylation sites (N-methyl/N-ethyl adjacent to an activating group) is 1. The number of nitrogens with zero attached hydrogens (tertiary/aromatic N) is 1. The Bertz CT molecular complexity index is 672. The fourth-order valence-electron chi connectivity index (χ4n) is 1.98. The maximum atomic E-state index is 11.3. The van der Waals surface area contributed by atoms with Crippen molar-refractivity contribution in [3.8, 4) is 0 Å². The van der Waals surface area contributed by atoms with Crippen molar-refractivity contribution in [2.75, 3.05) is 20.7 Å². The van der Waals surface area contributed by atoms with Gasteiger partial charge in [0, 0.05) is 23.0 Å². The van der Waals surface area contributed by atoms with Gasteiger partial charge in [-0.1, -0.05) is 48.1 Å². The highest BCUT2D eigenvalue weighted by atomic mass is 35.5. The Balaban J connectivity index is 2.40. The molecule has 0 fully saturated rings. The summed E-state index contributed by atoms with van der Waals surface area (Å²) in [5, 5.41) is 2.60. The Morgan fingerprint density at radius 1 is 1.25 bits per heavy atom. The third-order valence-electron chi connectivity index (χ3n) is 3.04. The van der Waals surface area contributed by atoms with Crippen LogP contribution < -0.4 is 0 Å². The normalized spacial score (nSPS) is 10.3. The van der Waals surface area contributed by atoms with E-state index in [-0.39, 0.29) is 12.5 Å². The van der Waals surface area contributed by atoms with Gasteiger partial charge in [0.05, 0.1) is 7.11 Å². The fraction of sp³-hybridized carbons (Fsp3) is 0.200. The quantitative estimate of drug-likeness (QED) is 0.643. The minimum Gasteiger partial charge on any atom is -0.468 e. The number of fused-ring (bicyclic) bond motifs is 1. The second kappa shape index (κ2) is 6.20. The van der Waals surface area contributed by atoms with Crippen LogP contribution in [-0.2, 0) is 9.53 Å². The highest BCUT2D eigenvalue weighted by molar-refractivity contribution is 7.80. The first-order chi connectivity index (χ1) is 9.54. The van der Waals surface area contributed by atoms with E-state index in [9.17, 15) is 4.79 Å². The van der Waals surface area contributed by atoms with E-state index in [1.165, 1.54) is 7.11 Å². The molecule has 0 saturated heterocycles. The molecule has 0 N–H and O–H groups in total. The summed E-state index contributed by atoms with van der Waals surface area (Å²) in [4.78, 5) is 13.6. The fourth-order valence-corrected chi connectivity index (χ4v) is 2.45. The van der Waals surface area contributed by atoms with Crippen LogP contribution in [0.5, 0.6) is 0 Å². The number of rotatable bonds is 3. The second-order valence-electron chi connectivity index (χ2n) is 4.38. The van der Waals surface area contributed by atoms with E-state index in [2.05, 4.69) is 4.74 Å². The molecule has 0 aromatic heterocycles. The number of benzene rings is 2. The average Bonchev–Trinajstić information content (AvgIpc) is 2.47. The van der Waals surface area contributed by atoms with E-state index in [1.807, 2.05) is 36.4 Å². The number of methoxy groups -OCH3 is 1. The van der Waals surface area contributed by atoms with Gasteiger partial charge in [-0.05, 0) is 17.5 Å². The number of hydrogen-bond acceptors (Lipinski definition) is 3. The lowest BCUT2D eigenvalue weighted by atomic mass is 10.0. The lowest BCUT2D eigenvalue weighted by Crippen LogP contribution is -2.32. The van der Waals surface area contributed by atoms with Gasteiger partial charge in [-0.2, -0.15) is 0 Å². The molecule has 0 saturated carbocycles. The summed E-state index contributed by atoms with van der Waals surface area (Å²) in [6, 6.07) is 11.5. The molecule has 0 unspecified atom stereocenters. The minimum absolute atomic E-state index is 0.117. The van der Waals surface area contributed by atoms with Crippen LogP contribution in [0.15, 0.2) is 36.4 Å². The summed E-state index contributed by atoms with van der Waals surface area (Å²) in [5.41, 5.74) is 0.881. The van der Waals surface area contributed by atoms with E-state index in [0.717, 1.165) is 16.3 Å². The van der Waals surface area contributed by atoms with Crippen molar-refractivity contribution in [3.63, 3.8) is 0 Å². The molecule has 0 amide bonds. The van der Waals surface area contributed by atoms with Crippen molar-refractivity contribution in [2.45, 2.75) is 0 Å². The topological polar surface area (TPSA) is 29.5 Å². The molecule has 0 bridgehead atoms. The molecule has 2 rings (SSSR count). The maximum absolute atomic E-state index is 11.3. The second-order valence-corrected chi connectivity index (χ2v) is 5.17. The molecule has 0 radical (unpaired) electrons. The Kier molecular flexibility index (Phi) is 4.57. The van der Waals surface area contributed by atoms with Crippen LogP contribution in [0.1, 0.15) is 5.56 Å². The molecule has 0 atom stereocenters. The Labute approximate surface area is 128 Å². The molecule has 0 heterocycles. The largest absolute Gasteiger partial charge is 0.468 e. The van der Waals surface area contributed by atoms with Gasteiger partial charge in [0.15, 0.2) is 0 Å². The Morgan fingerprint density at radius 3 is 2.55 bits per heavy atom. The van der Waals surface area contributed by atoms with Gasteiger partial charge in [-0.3, -0.25) is 4.79 Å². The molecule has 0 aliphatic rings. The van der Waals surface area contributed by atoms with Gasteiger partial charge >= 0.3 is 5.97 Å². The van der Waals surface area contributed by atoms with Crippen LogP contribution in [0.2, 0.25) is 5.02 Å². The number of hydrogen-bond donors (Lipinski definition) is 0. The van der Waals surface area contributed by atoms with Crippen LogP contribution in [0, 0.1) is 0 Å². The maximum Gasteiger partial charge on any atom is 0.325 e. The Hall–Kier alpha value is -1.65. The van der Waals surface area contributed by atoms with E-state index < -0.39 is 0 Å². The van der Waals surface area contributed by atoms with Gasteiger partial charge in [0.1, 0.15) is 11.5 Å². The van der Waals surface area contributed by atoms with Crippen molar-refractivity contribution in [1.82, 2.24) is 4.90 Å². The SMILES string of the molecule is COC(=O)CN(C)C(=S)c1ccc(Cl)c2ccccc12. The Morgan fingerprint density at radius 2 is 1.90 bits per heavy atom. The van der Waals surface area contributed by atoms with Gasteiger partial charge in [-0.25, -0.2) is 0 Å². The van der Waals surface area contributed by atoms with Gasteiger partial charge in [0.2, 0.25) is 0 Å². The van der Waals surface area contributed by atoms with Crippen molar-refractivity contribution in [3.05, 3.63) is 47.0 Å². The summed E-state index contributed by atoms with van der Waals surface area (Å²) < 4.78 is 4.65. The number of halogens is 1. The van der Waals surface area contributed by atoms with Gasteiger partial charge < -0.3 is 9.64 Å². The highest BCUT2D eigenvalue weighted by Crippen LogP contribution is 2.27. The summed E-state index contributed by atoms with van der Waals surface area (Å²) >= 11 is 11.6. The van der Waals surface area contributed by atoms with Gasteiger partial charge in [0.25, 0.3) is 0 Å². The van der Waals surface area contributed by atoms with Crippen molar-refractivity contribution < 1.29 is 9.53 Å². The van der Waals surface area contributed by atoms with E-state index in [1.54, 1.807) is 11.9 Å². The first-order valence-electron chi connectivity index (χ1n) is 6.04. The smallest absolute Gasteiger partial charge is 0.325 e. The molecule has 20 heavy (non-hydrogen) atoms. The van der Waals surface area contributed by atoms with Crippen LogP contribution in [-0.4, -0.2) is 36.6 Å². The van der Waals surface area contributed by atoms with Crippen LogP contribution in [0.4, 0.5) is 0 Å². The monoisotopic (exact) mass is 307 g/mol.